The van der Waals surface area contributed by atoms with Crippen molar-refractivity contribution in [1.29, 1.82) is 0 Å². The molecule has 0 saturated carbocycles. The number of azide groups is 1. The highest BCUT2D eigenvalue weighted by Crippen LogP contribution is 2.18. The Morgan fingerprint density at radius 1 is 1.69 bits per heavy atom. The van der Waals surface area contributed by atoms with Gasteiger partial charge in [-0.2, -0.15) is 0 Å². The molecule has 0 radical (unpaired) electrons. The Morgan fingerprint density at radius 3 is 3.08 bits per heavy atom. The van der Waals surface area contributed by atoms with Gasteiger partial charge in [0.15, 0.2) is 0 Å². The van der Waals surface area contributed by atoms with Crippen molar-refractivity contribution in [3.05, 3.63) is 10.4 Å². The van der Waals surface area contributed by atoms with Crippen LogP contribution in [-0.2, 0) is 9.78 Å². The van der Waals surface area contributed by atoms with Crippen LogP contribution in [0.4, 0.5) is 0 Å². The molecule has 1 rings (SSSR count). The van der Waals surface area contributed by atoms with Crippen LogP contribution in [0.3, 0.4) is 0 Å². The standard InChI is InChI=1S/C7H14N4O2/c1-11-4-6(9-10-8)3-7(11)5-13-12-2/h6-7H,3-5H2,1-2H3. The predicted molar refractivity (Wildman–Crippen MR) is 46.9 cm³/mol. The topological polar surface area (TPSA) is 70.5 Å². The Morgan fingerprint density at radius 2 is 2.46 bits per heavy atom. The highest BCUT2D eigenvalue weighted by Gasteiger charge is 2.28. The zero-order valence-corrected chi connectivity index (χ0v) is 7.88. The third-order valence-corrected chi connectivity index (χ3v) is 2.26. The van der Waals surface area contributed by atoms with Crippen LogP contribution in [0.25, 0.3) is 10.4 Å². The van der Waals surface area contributed by atoms with E-state index >= 15 is 0 Å². The molecule has 2 unspecified atom stereocenters. The number of likely N-dealkylation sites (N-methyl/N-ethyl adjacent to an activating group) is 1. The largest absolute Gasteiger partial charge is 0.301 e. The summed E-state index contributed by atoms with van der Waals surface area (Å²) in [6.45, 7) is 1.31. The van der Waals surface area contributed by atoms with Gasteiger partial charge in [0.05, 0.1) is 19.8 Å². The van der Waals surface area contributed by atoms with Gasteiger partial charge >= 0.3 is 0 Å². The molecule has 0 N–H and O–H groups in total. The fraction of sp³-hybridized carbons (Fsp3) is 1.00. The van der Waals surface area contributed by atoms with Gasteiger partial charge in [0, 0.05) is 17.5 Å². The Kier molecular flexibility index (Phi) is 3.98. The second-order valence-electron chi connectivity index (χ2n) is 3.14. The van der Waals surface area contributed by atoms with Gasteiger partial charge in [-0.05, 0) is 19.0 Å². The minimum atomic E-state index is 0.0699. The highest BCUT2D eigenvalue weighted by molar-refractivity contribution is 4.87. The predicted octanol–water partition coefficient (Wildman–Crippen LogP) is 0.947. The maximum Gasteiger partial charge on any atom is 0.0977 e. The van der Waals surface area contributed by atoms with Gasteiger partial charge in [-0.1, -0.05) is 5.11 Å². The molecule has 6 heteroatoms. The van der Waals surface area contributed by atoms with Crippen molar-refractivity contribution in [2.24, 2.45) is 5.11 Å². The fourth-order valence-electron chi connectivity index (χ4n) is 1.55. The number of hydrogen-bond acceptors (Lipinski definition) is 4. The van der Waals surface area contributed by atoms with Crippen LogP contribution in [-0.4, -0.2) is 44.3 Å². The van der Waals surface area contributed by atoms with Gasteiger partial charge in [-0.3, -0.25) is 0 Å². The number of likely N-dealkylation sites (tertiary alicyclic amines) is 1. The third-order valence-electron chi connectivity index (χ3n) is 2.26. The quantitative estimate of drug-likeness (QED) is 0.216. The lowest BCUT2D eigenvalue weighted by atomic mass is 10.2. The maximum atomic E-state index is 8.26. The zero-order chi connectivity index (χ0) is 9.68. The van der Waals surface area contributed by atoms with E-state index < -0.39 is 0 Å². The average molecular weight is 186 g/mol. The molecule has 1 fully saturated rings. The van der Waals surface area contributed by atoms with Crippen molar-refractivity contribution < 1.29 is 9.78 Å². The van der Waals surface area contributed by atoms with Crippen LogP contribution in [0.2, 0.25) is 0 Å². The fourth-order valence-corrected chi connectivity index (χ4v) is 1.55. The van der Waals surface area contributed by atoms with Crippen LogP contribution in [0.1, 0.15) is 6.42 Å². The van der Waals surface area contributed by atoms with Crippen molar-refractivity contribution in [2.45, 2.75) is 18.5 Å². The van der Waals surface area contributed by atoms with Gasteiger partial charge in [0.2, 0.25) is 0 Å². The lowest BCUT2D eigenvalue weighted by Crippen LogP contribution is -2.29. The summed E-state index contributed by atoms with van der Waals surface area (Å²) >= 11 is 0. The molecule has 0 spiro atoms. The Bertz CT molecular complexity index is 205. The van der Waals surface area contributed by atoms with Crippen LogP contribution in [0.15, 0.2) is 5.11 Å². The van der Waals surface area contributed by atoms with E-state index in [0.717, 1.165) is 13.0 Å². The molecule has 0 bridgehead atoms. The molecule has 1 heterocycles. The summed E-state index contributed by atoms with van der Waals surface area (Å²) in [7, 11) is 3.47. The molecule has 2 atom stereocenters. The van der Waals surface area contributed by atoms with Crippen molar-refractivity contribution >= 4 is 0 Å². The lowest BCUT2D eigenvalue weighted by Gasteiger charge is -2.17. The molecule has 0 aromatic rings. The number of hydrogen-bond donors (Lipinski definition) is 0. The van der Waals surface area contributed by atoms with Gasteiger partial charge < -0.3 is 4.90 Å². The van der Waals surface area contributed by atoms with E-state index in [1.165, 1.54) is 7.11 Å². The first-order chi connectivity index (χ1) is 6.27. The first-order valence-electron chi connectivity index (χ1n) is 4.18. The minimum Gasteiger partial charge on any atom is -0.301 e. The summed E-state index contributed by atoms with van der Waals surface area (Å²) in [6, 6.07) is 0.357. The zero-order valence-electron chi connectivity index (χ0n) is 7.88. The Balaban J connectivity index is 2.36. The van der Waals surface area contributed by atoms with Gasteiger partial charge in [-0.15, -0.1) is 0 Å². The summed E-state index contributed by atoms with van der Waals surface area (Å²) in [5.74, 6) is 0. The first kappa shape index (κ1) is 10.3. The molecule has 6 nitrogen and oxygen atoms in total. The van der Waals surface area contributed by atoms with Crippen molar-refractivity contribution in [1.82, 2.24) is 4.90 Å². The van der Waals surface area contributed by atoms with E-state index in [9.17, 15) is 0 Å². The van der Waals surface area contributed by atoms with Crippen LogP contribution < -0.4 is 0 Å². The molecule has 1 aliphatic heterocycles. The molecule has 1 saturated heterocycles. The normalized spacial score (nSPS) is 28.8. The van der Waals surface area contributed by atoms with Gasteiger partial charge in [-0.25, -0.2) is 9.78 Å². The molecule has 0 amide bonds. The molecule has 0 aromatic carbocycles. The molecule has 74 valence electrons. The minimum absolute atomic E-state index is 0.0699. The smallest absolute Gasteiger partial charge is 0.0977 e. The van der Waals surface area contributed by atoms with Crippen molar-refractivity contribution in [3.63, 3.8) is 0 Å². The van der Waals surface area contributed by atoms with Gasteiger partial charge in [0.25, 0.3) is 0 Å². The second-order valence-corrected chi connectivity index (χ2v) is 3.14. The first-order valence-corrected chi connectivity index (χ1v) is 4.18. The molecule has 13 heavy (non-hydrogen) atoms. The summed E-state index contributed by atoms with van der Waals surface area (Å²) < 4.78 is 0. The average Bonchev–Trinajstić information content (AvgIpc) is 2.44. The molecule has 1 aliphatic rings. The number of nitrogens with zero attached hydrogens (tertiary/aromatic N) is 4. The maximum absolute atomic E-state index is 8.26. The summed E-state index contributed by atoms with van der Waals surface area (Å²) in [4.78, 5) is 14.3. The van der Waals surface area contributed by atoms with Crippen molar-refractivity contribution in [3.8, 4) is 0 Å². The van der Waals surface area contributed by atoms with E-state index in [2.05, 4.69) is 19.8 Å². The van der Waals surface area contributed by atoms with E-state index in [4.69, 9.17) is 10.4 Å². The second kappa shape index (κ2) is 5.04. The highest BCUT2D eigenvalue weighted by atomic mass is 17.2. The van der Waals surface area contributed by atoms with Gasteiger partial charge in [0.1, 0.15) is 0 Å². The summed E-state index contributed by atoms with van der Waals surface area (Å²) in [5, 5.41) is 3.67. The SMILES string of the molecule is COOCC1CC(N=[N+]=[N-])CN1C. The Hall–Kier alpha value is -0.810. The third kappa shape index (κ3) is 2.86. The van der Waals surface area contributed by atoms with E-state index in [-0.39, 0.29) is 12.1 Å². The summed E-state index contributed by atoms with van der Waals surface area (Å²) in [5.41, 5.74) is 8.26. The molecular formula is C7H14N4O2. The lowest BCUT2D eigenvalue weighted by molar-refractivity contribution is -0.278. The van der Waals surface area contributed by atoms with Crippen molar-refractivity contribution in [2.75, 3.05) is 27.3 Å². The molecule has 0 aliphatic carbocycles. The van der Waals surface area contributed by atoms with E-state index in [0.29, 0.717) is 6.61 Å². The molecule has 0 aromatic heterocycles. The number of rotatable bonds is 4. The van der Waals surface area contributed by atoms with E-state index in [1.807, 2.05) is 7.05 Å². The Labute approximate surface area is 77.0 Å². The van der Waals surface area contributed by atoms with Crippen LogP contribution in [0.5, 0.6) is 0 Å². The molecular weight excluding hydrogens is 172 g/mol. The monoisotopic (exact) mass is 186 g/mol. The summed E-state index contributed by atoms with van der Waals surface area (Å²) in [6.07, 6.45) is 0.837. The van der Waals surface area contributed by atoms with Crippen LogP contribution in [0, 0.1) is 0 Å². The van der Waals surface area contributed by atoms with Crippen LogP contribution >= 0.6 is 0 Å². The van der Waals surface area contributed by atoms with E-state index in [1.54, 1.807) is 0 Å².